The van der Waals surface area contributed by atoms with Crippen LogP contribution in [0.4, 0.5) is 34.4 Å². The first-order valence-corrected chi connectivity index (χ1v) is 30.7. The van der Waals surface area contributed by atoms with E-state index in [1.54, 1.807) is 0 Å². The van der Waals surface area contributed by atoms with Crippen LogP contribution in [0.2, 0.25) is 0 Å². The summed E-state index contributed by atoms with van der Waals surface area (Å²) in [5, 5.41) is 4.59. The zero-order valence-corrected chi connectivity index (χ0v) is 51.4. The highest BCUT2D eigenvalue weighted by molar-refractivity contribution is 5.99. The maximum absolute atomic E-state index is 5.06. The van der Waals surface area contributed by atoms with Crippen LogP contribution in [0, 0.1) is 27.7 Å². The van der Waals surface area contributed by atoms with Crippen molar-refractivity contribution in [1.82, 2.24) is 9.97 Å². The van der Waals surface area contributed by atoms with Crippen LogP contribution in [0.3, 0.4) is 0 Å². The zero-order valence-electron chi connectivity index (χ0n) is 51.4. The molecule has 0 radical (unpaired) electrons. The van der Waals surface area contributed by atoms with Crippen molar-refractivity contribution in [2.45, 2.75) is 85.5 Å². The van der Waals surface area contributed by atoms with E-state index in [1.807, 2.05) is 12.4 Å². The average Bonchev–Trinajstić information content (AvgIpc) is 1.64. The number of hydrogen-bond acceptors (Lipinski definition) is 4. The van der Waals surface area contributed by atoms with Crippen molar-refractivity contribution in [3.8, 4) is 33.4 Å². The highest BCUT2D eigenvalue weighted by Gasteiger charge is 2.39. The molecule has 2 aromatic heterocycles. The lowest BCUT2D eigenvalue weighted by Gasteiger charge is -2.28. The molecule has 87 heavy (non-hydrogen) atoms. The standard InChI is InChI=1S/C83H70N4/c1-51-39-52(2)42-63(41-51)86(79-65-17-13-11-15-59(65)35-37-84-79)61-27-33-71-69-31-25-57(47-75(69)82(7,8)77(71)49-61)21-19-55-23-29-67-68-30-24-56(46-74(68)81(5,6)73(67)45-55)20-22-58-26-32-70-72-34-28-62(50-78(72)83(9,10)76(70)48-58)87(64-43-53(3)40-54(4)44-64)80-66-18-14-12-16-60(66)36-38-85-80/h11-50H,1-10H3/b21-19+,22-20+. The zero-order chi connectivity index (χ0) is 59.7. The fourth-order valence-electron chi connectivity index (χ4n) is 14.8. The van der Waals surface area contributed by atoms with Gasteiger partial charge in [0.1, 0.15) is 11.6 Å². The van der Waals surface area contributed by atoms with Crippen LogP contribution in [0.5, 0.6) is 0 Å². The molecule has 0 saturated heterocycles. The Balaban J connectivity index is 0.676. The van der Waals surface area contributed by atoms with Crippen molar-refractivity contribution in [1.29, 1.82) is 0 Å². The van der Waals surface area contributed by atoms with Gasteiger partial charge in [-0.25, -0.2) is 9.97 Å². The minimum Gasteiger partial charge on any atom is -0.295 e. The molecule has 0 bridgehead atoms. The quantitative estimate of drug-likeness (QED) is 0.128. The Morgan fingerprint density at radius 1 is 0.287 bits per heavy atom. The van der Waals surface area contributed by atoms with Gasteiger partial charge in [-0.1, -0.05) is 211 Å². The number of fused-ring (bicyclic) bond motifs is 11. The first-order valence-electron chi connectivity index (χ1n) is 30.7. The number of aryl methyl sites for hydroxylation is 4. The van der Waals surface area contributed by atoms with E-state index >= 15 is 0 Å². The molecule has 0 spiro atoms. The van der Waals surface area contributed by atoms with Gasteiger partial charge in [0.15, 0.2) is 0 Å². The van der Waals surface area contributed by atoms with Crippen LogP contribution >= 0.6 is 0 Å². The second-order valence-corrected chi connectivity index (χ2v) is 26.3. The summed E-state index contributed by atoms with van der Waals surface area (Å²) in [4.78, 5) is 14.8. The molecule has 12 aromatic rings. The van der Waals surface area contributed by atoms with Crippen molar-refractivity contribution in [2.75, 3.05) is 9.80 Å². The molecule has 3 aliphatic rings. The van der Waals surface area contributed by atoms with E-state index in [9.17, 15) is 0 Å². The summed E-state index contributed by atoms with van der Waals surface area (Å²) in [5.74, 6) is 1.86. The molecule has 0 fully saturated rings. The Morgan fingerprint density at radius 3 is 0.897 bits per heavy atom. The van der Waals surface area contributed by atoms with Gasteiger partial charge in [-0.3, -0.25) is 9.80 Å². The summed E-state index contributed by atoms with van der Waals surface area (Å²) in [5.41, 5.74) is 29.4. The van der Waals surface area contributed by atoms with E-state index in [1.165, 1.54) is 122 Å². The average molecular weight is 1120 g/mol. The molecule has 0 amide bonds. The van der Waals surface area contributed by atoms with Crippen LogP contribution in [-0.4, -0.2) is 9.97 Å². The molecular formula is C83H70N4. The van der Waals surface area contributed by atoms with Gasteiger partial charge in [0.2, 0.25) is 0 Å². The minimum atomic E-state index is -0.221. The first-order chi connectivity index (χ1) is 42.0. The monoisotopic (exact) mass is 1120 g/mol. The Morgan fingerprint density at radius 2 is 0.575 bits per heavy atom. The molecule has 4 nitrogen and oxygen atoms in total. The normalized spacial score (nSPS) is 14.5. The van der Waals surface area contributed by atoms with Crippen molar-refractivity contribution in [3.63, 3.8) is 0 Å². The van der Waals surface area contributed by atoms with Gasteiger partial charge in [-0.2, -0.15) is 0 Å². The van der Waals surface area contributed by atoms with Crippen molar-refractivity contribution < 1.29 is 0 Å². The van der Waals surface area contributed by atoms with E-state index < -0.39 is 0 Å². The number of nitrogens with zero attached hydrogens (tertiary/aromatic N) is 4. The van der Waals surface area contributed by atoms with E-state index in [0.717, 1.165) is 45.2 Å². The number of anilines is 6. The lowest BCUT2D eigenvalue weighted by molar-refractivity contribution is 0.660. The SMILES string of the molecule is Cc1cc(C)cc(N(c2ccc3c(c2)C(C)(C)c2cc(/C=C/c4ccc5c(c4)C(C)(C)c4cc(/C=C/c6ccc7c(c6)C(C)(C)c6cc(N(c8cc(C)cc(C)c8)c8nccc9ccccc89)ccc6-7)ccc4-5)ccc2-3)c2nccc3ccccc23)c1. The summed E-state index contributed by atoms with van der Waals surface area (Å²) < 4.78 is 0. The molecule has 0 unspecified atom stereocenters. The fourth-order valence-corrected chi connectivity index (χ4v) is 14.8. The van der Waals surface area contributed by atoms with E-state index in [-0.39, 0.29) is 16.2 Å². The largest absolute Gasteiger partial charge is 0.295 e. The summed E-state index contributed by atoms with van der Waals surface area (Å²) >= 11 is 0. The Bertz CT molecular complexity index is 4550. The second kappa shape index (κ2) is 20.1. The number of rotatable bonds is 10. The predicted octanol–water partition coefficient (Wildman–Crippen LogP) is 22.2. The summed E-state index contributed by atoms with van der Waals surface area (Å²) in [6.45, 7) is 23.0. The van der Waals surface area contributed by atoms with Gasteiger partial charge >= 0.3 is 0 Å². The van der Waals surface area contributed by atoms with Crippen molar-refractivity contribution in [2.24, 2.45) is 0 Å². The smallest absolute Gasteiger partial charge is 0.145 e. The predicted molar refractivity (Wildman–Crippen MR) is 369 cm³/mol. The minimum absolute atomic E-state index is 0.169. The molecule has 422 valence electrons. The molecule has 0 aliphatic heterocycles. The van der Waals surface area contributed by atoms with Crippen molar-refractivity contribution >= 4 is 80.2 Å². The number of aromatic nitrogens is 2. The van der Waals surface area contributed by atoms with Crippen LogP contribution in [-0.2, 0) is 16.2 Å². The Labute approximate surface area is 512 Å². The summed E-state index contributed by atoms with van der Waals surface area (Å²) in [6.07, 6.45) is 13.0. The lowest BCUT2D eigenvalue weighted by atomic mass is 9.81. The van der Waals surface area contributed by atoms with Crippen LogP contribution in [0.25, 0.3) is 79.2 Å². The van der Waals surface area contributed by atoms with E-state index in [4.69, 9.17) is 9.97 Å². The maximum Gasteiger partial charge on any atom is 0.145 e. The van der Waals surface area contributed by atoms with Gasteiger partial charge < -0.3 is 0 Å². The fraction of sp³-hybridized carbons (Fsp3) is 0.157. The first kappa shape index (κ1) is 53.8. The number of pyridine rings is 2. The molecule has 3 aliphatic carbocycles. The van der Waals surface area contributed by atoms with Crippen molar-refractivity contribution in [3.05, 3.63) is 297 Å². The van der Waals surface area contributed by atoms with Gasteiger partial charge in [-0.05, 0) is 210 Å². The summed E-state index contributed by atoms with van der Waals surface area (Å²) in [6, 6.07) is 77.0. The topological polar surface area (TPSA) is 32.3 Å². The lowest BCUT2D eigenvalue weighted by Crippen LogP contribution is -2.17. The molecule has 15 rings (SSSR count). The van der Waals surface area contributed by atoms with Gasteiger partial charge in [0, 0.05) is 62.2 Å². The van der Waals surface area contributed by atoms with E-state index in [2.05, 4.69) is 310 Å². The highest BCUT2D eigenvalue weighted by atomic mass is 15.2. The molecule has 0 N–H and O–H groups in total. The maximum atomic E-state index is 5.06. The number of hydrogen-bond donors (Lipinski definition) is 0. The molecule has 10 aromatic carbocycles. The third kappa shape index (κ3) is 8.95. The van der Waals surface area contributed by atoms with Crippen LogP contribution in [0.15, 0.2) is 219 Å². The van der Waals surface area contributed by atoms with Crippen LogP contribution in [0.1, 0.15) is 119 Å². The second-order valence-electron chi connectivity index (χ2n) is 26.3. The third-order valence-corrected chi connectivity index (χ3v) is 19.2. The molecule has 2 heterocycles. The third-order valence-electron chi connectivity index (χ3n) is 19.2. The van der Waals surface area contributed by atoms with Crippen LogP contribution < -0.4 is 9.80 Å². The Kier molecular flexibility index (Phi) is 12.4. The van der Waals surface area contributed by atoms with Gasteiger partial charge in [0.05, 0.1) is 0 Å². The summed E-state index contributed by atoms with van der Waals surface area (Å²) in [7, 11) is 0. The molecular weight excluding hydrogens is 1050 g/mol. The molecule has 0 atom stereocenters. The number of benzene rings is 10. The van der Waals surface area contributed by atoms with E-state index in [0.29, 0.717) is 0 Å². The highest BCUT2D eigenvalue weighted by Crippen LogP contribution is 2.54. The van der Waals surface area contributed by atoms with Gasteiger partial charge in [-0.15, -0.1) is 0 Å². The Hall–Kier alpha value is -9.90. The molecule has 0 saturated carbocycles. The molecule has 4 heteroatoms. The van der Waals surface area contributed by atoms with Gasteiger partial charge in [0.25, 0.3) is 0 Å².